The number of aromatic nitrogens is 2. The molecule has 0 radical (unpaired) electrons. The lowest BCUT2D eigenvalue weighted by atomic mass is 9.98. The van der Waals surface area contributed by atoms with E-state index in [0.717, 1.165) is 11.1 Å². The van der Waals surface area contributed by atoms with Gasteiger partial charge in [-0.25, -0.2) is 9.80 Å². The molecule has 2 amide bonds. The Labute approximate surface area is 222 Å². The molecule has 8 nitrogen and oxygen atoms in total. The molecule has 3 heterocycles. The van der Waals surface area contributed by atoms with Crippen LogP contribution in [-0.2, 0) is 6.54 Å². The first kappa shape index (κ1) is 24.5. The van der Waals surface area contributed by atoms with Gasteiger partial charge in [-0.05, 0) is 35.9 Å². The molecule has 2 aromatic heterocycles. The van der Waals surface area contributed by atoms with Crippen molar-refractivity contribution < 1.29 is 9.90 Å². The topological polar surface area (TPSA) is 99.8 Å². The zero-order chi connectivity index (χ0) is 25.9. The molecule has 10 heteroatoms. The monoisotopic (exact) mass is 533 g/mol. The van der Waals surface area contributed by atoms with E-state index in [4.69, 9.17) is 23.2 Å². The summed E-state index contributed by atoms with van der Waals surface area (Å²) in [6.45, 7) is 0.243. The Bertz CT molecular complexity index is 1560. The molecule has 186 valence electrons. The standard InChI is InChI=1S/C27H21Cl2N5O3/c28-21-9-7-17(12-22(21)29)15-33-16-19(8-10-26(33)36)31-27(37)34-24(20-5-1-2-6-25(20)35)13-23(32-34)18-4-3-11-30-14-18/h1-12,14,16,24,35H,13,15H2,(H,31,37). The number of carbonyl (C=O) groups excluding carboxylic acids is 1. The Morgan fingerprint density at radius 3 is 2.65 bits per heavy atom. The molecule has 0 saturated heterocycles. The summed E-state index contributed by atoms with van der Waals surface area (Å²) in [5.41, 5.74) is 2.98. The number of phenolic OH excluding ortho intramolecular Hbond substituents is 1. The fourth-order valence-corrected chi connectivity index (χ4v) is 4.48. The van der Waals surface area contributed by atoms with Gasteiger partial charge in [0.15, 0.2) is 0 Å². The Balaban J connectivity index is 1.42. The number of benzene rings is 2. The molecule has 0 spiro atoms. The fourth-order valence-electron chi connectivity index (χ4n) is 4.16. The second-order valence-electron chi connectivity index (χ2n) is 8.47. The predicted molar refractivity (Wildman–Crippen MR) is 143 cm³/mol. The average Bonchev–Trinajstić information content (AvgIpc) is 3.34. The van der Waals surface area contributed by atoms with Crippen LogP contribution in [0.25, 0.3) is 0 Å². The number of nitrogens with zero attached hydrogens (tertiary/aromatic N) is 4. The highest BCUT2D eigenvalue weighted by molar-refractivity contribution is 6.42. The Hall–Kier alpha value is -4.14. The smallest absolute Gasteiger partial charge is 0.342 e. The van der Waals surface area contributed by atoms with Crippen LogP contribution in [0.1, 0.15) is 29.2 Å². The fraction of sp³-hybridized carbons (Fsp3) is 0.111. The third-order valence-electron chi connectivity index (χ3n) is 5.98. The van der Waals surface area contributed by atoms with E-state index in [-0.39, 0.29) is 17.9 Å². The van der Waals surface area contributed by atoms with Gasteiger partial charge in [0.2, 0.25) is 0 Å². The van der Waals surface area contributed by atoms with Gasteiger partial charge in [0.05, 0.1) is 34.0 Å². The molecule has 2 N–H and O–H groups in total. The molecular formula is C27H21Cl2N5O3. The van der Waals surface area contributed by atoms with Crippen molar-refractivity contribution >= 4 is 40.6 Å². The second kappa shape index (κ2) is 10.5. The molecule has 5 rings (SSSR count). The van der Waals surface area contributed by atoms with Crippen LogP contribution >= 0.6 is 23.2 Å². The summed E-state index contributed by atoms with van der Waals surface area (Å²) in [5, 5.41) is 20.0. The van der Waals surface area contributed by atoms with E-state index in [1.54, 1.807) is 67.1 Å². The second-order valence-corrected chi connectivity index (χ2v) is 9.29. The summed E-state index contributed by atoms with van der Waals surface area (Å²) < 4.78 is 1.46. The number of anilines is 1. The van der Waals surface area contributed by atoms with E-state index in [1.165, 1.54) is 21.7 Å². The maximum atomic E-state index is 13.4. The largest absolute Gasteiger partial charge is 0.508 e. The average molecular weight is 534 g/mol. The van der Waals surface area contributed by atoms with Crippen molar-refractivity contribution in [3.05, 3.63) is 122 Å². The van der Waals surface area contributed by atoms with Crippen molar-refractivity contribution in [1.82, 2.24) is 14.6 Å². The first-order chi connectivity index (χ1) is 17.9. The Morgan fingerprint density at radius 2 is 1.89 bits per heavy atom. The van der Waals surface area contributed by atoms with Crippen LogP contribution in [0.3, 0.4) is 0 Å². The summed E-state index contributed by atoms with van der Waals surface area (Å²) in [5.74, 6) is 0.0723. The summed E-state index contributed by atoms with van der Waals surface area (Å²) in [4.78, 5) is 30.0. The summed E-state index contributed by atoms with van der Waals surface area (Å²) in [6, 6.07) is 17.5. The molecule has 2 aromatic carbocycles. The van der Waals surface area contributed by atoms with Crippen LogP contribution in [0.5, 0.6) is 5.75 Å². The van der Waals surface area contributed by atoms with Gasteiger partial charge in [0.25, 0.3) is 5.56 Å². The number of hydrogen-bond donors (Lipinski definition) is 2. The van der Waals surface area contributed by atoms with Gasteiger partial charge in [-0.1, -0.05) is 53.5 Å². The first-order valence-corrected chi connectivity index (χ1v) is 12.1. The Morgan fingerprint density at radius 1 is 1.05 bits per heavy atom. The molecule has 4 aromatic rings. The van der Waals surface area contributed by atoms with E-state index in [0.29, 0.717) is 33.4 Å². The van der Waals surface area contributed by atoms with Gasteiger partial charge in [0.1, 0.15) is 5.75 Å². The molecule has 37 heavy (non-hydrogen) atoms. The van der Waals surface area contributed by atoms with Crippen LogP contribution in [0.4, 0.5) is 10.5 Å². The van der Waals surface area contributed by atoms with E-state index >= 15 is 0 Å². The molecule has 0 bridgehead atoms. The number of amides is 2. The number of para-hydroxylation sites is 1. The zero-order valence-corrected chi connectivity index (χ0v) is 20.9. The maximum absolute atomic E-state index is 13.4. The van der Waals surface area contributed by atoms with E-state index < -0.39 is 12.1 Å². The third-order valence-corrected chi connectivity index (χ3v) is 6.72. The minimum Gasteiger partial charge on any atom is -0.508 e. The molecular weight excluding hydrogens is 513 g/mol. The molecule has 1 aliphatic rings. The zero-order valence-electron chi connectivity index (χ0n) is 19.4. The van der Waals surface area contributed by atoms with Crippen molar-refractivity contribution in [2.24, 2.45) is 5.10 Å². The van der Waals surface area contributed by atoms with E-state index in [1.807, 2.05) is 6.07 Å². The molecule has 1 atom stereocenters. The number of urea groups is 1. The van der Waals surface area contributed by atoms with Crippen molar-refractivity contribution in [2.45, 2.75) is 19.0 Å². The maximum Gasteiger partial charge on any atom is 0.342 e. The lowest BCUT2D eigenvalue weighted by Gasteiger charge is -2.23. The minimum absolute atomic E-state index is 0.0723. The van der Waals surface area contributed by atoms with Gasteiger partial charge in [-0.2, -0.15) is 5.10 Å². The number of rotatable bonds is 5. The number of hydrogen-bond acceptors (Lipinski definition) is 5. The summed E-state index contributed by atoms with van der Waals surface area (Å²) >= 11 is 12.1. The number of phenols is 1. The third kappa shape index (κ3) is 5.35. The number of halogens is 2. The Kier molecular flexibility index (Phi) is 6.94. The van der Waals surface area contributed by atoms with Crippen LogP contribution in [0, 0.1) is 0 Å². The molecule has 0 aliphatic carbocycles. The molecule has 1 aliphatic heterocycles. The summed E-state index contributed by atoms with van der Waals surface area (Å²) in [6.07, 6.45) is 5.30. The normalized spacial score (nSPS) is 14.9. The van der Waals surface area contributed by atoms with Crippen LogP contribution in [0.15, 0.2) is 95.2 Å². The highest BCUT2D eigenvalue weighted by Gasteiger charge is 2.34. The highest BCUT2D eigenvalue weighted by Crippen LogP contribution is 2.37. The van der Waals surface area contributed by atoms with Gasteiger partial charge >= 0.3 is 6.03 Å². The van der Waals surface area contributed by atoms with Crippen molar-refractivity contribution in [3.8, 4) is 5.75 Å². The lowest BCUT2D eigenvalue weighted by Crippen LogP contribution is -2.32. The van der Waals surface area contributed by atoms with Crippen molar-refractivity contribution in [2.75, 3.05) is 5.32 Å². The number of nitrogens with one attached hydrogen (secondary N) is 1. The van der Waals surface area contributed by atoms with Crippen LogP contribution < -0.4 is 10.9 Å². The lowest BCUT2D eigenvalue weighted by molar-refractivity contribution is 0.199. The quantitative estimate of drug-likeness (QED) is 0.344. The van der Waals surface area contributed by atoms with Gasteiger partial charge < -0.3 is 15.0 Å². The van der Waals surface area contributed by atoms with Gasteiger partial charge in [-0.15, -0.1) is 0 Å². The van der Waals surface area contributed by atoms with Crippen molar-refractivity contribution in [3.63, 3.8) is 0 Å². The summed E-state index contributed by atoms with van der Waals surface area (Å²) in [7, 11) is 0. The number of carbonyl (C=O) groups is 1. The number of hydrazone groups is 1. The van der Waals surface area contributed by atoms with Crippen LogP contribution in [-0.4, -0.2) is 31.4 Å². The predicted octanol–water partition coefficient (Wildman–Crippen LogP) is 5.69. The number of pyridine rings is 2. The first-order valence-electron chi connectivity index (χ1n) is 11.4. The molecule has 0 fully saturated rings. The van der Waals surface area contributed by atoms with Crippen LogP contribution in [0.2, 0.25) is 10.0 Å². The molecule has 1 unspecified atom stereocenters. The molecule has 0 saturated carbocycles. The SMILES string of the molecule is O=C(Nc1ccc(=O)n(Cc2ccc(Cl)c(Cl)c2)c1)N1N=C(c2cccnc2)CC1c1ccccc1O. The highest BCUT2D eigenvalue weighted by atomic mass is 35.5. The number of aromatic hydroxyl groups is 1. The van der Waals surface area contributed by atoms with Gasteiger partial charge in [0, 0.05) is 42.2 Å². The van der Waals surface area contributed by atoms with Crippen molar-refractivity contribution in [1.29, 1.82) is 0 Å². The van der Waals surface area contributed by atoms with E-state index in [2.05, 4.69) is 15.4 Å². The van der Waals surface area contributed by atoms with E-state index in [9.17, 15) is 14.7 Å². The van der Waals surface area contributed by atoms with Gasteiger partial charge in [-0.3, -0.25) is 9.78 Å². The minimum atomic E-state index is -0.529.